The molecule has 0 radical (unpaired) electrons. The van der Waals surface area contributed by atoms with Crippen molar-refractivity contribution in [3.8, 4) is 0 Å². The first-order chi connectivity index (χ1) is 9.00. The zero-order valence-electron chi connectivity index (χ0n) is 10.6. The summed E-state index contributed by atoms with van der Waals surface area (Å²) in [6.45, 7) is 0.701. The van der Waals surface area contributed by atoms with Crippen LogP contribution in [0.5, 0.6) is 0 Å². The first-order valence-electron chi connectivity index (χ1n) is 5.66. The summed E-state index contributed by atoms with van der Waals surface area (Å²) in [5.74, 6) is 0. The second-order valence-electron chi connectivity index (χ2n) is 4.18. The van der Waals surface area contributed by atoms with Crippen molar-refractivity contribution in [3.63, 3.8) is 0 Å². The molecule has 0 saturated heterocycles. The highest BCUT2D eigenvalue weighted by atomic mass is 32.1. The average molecular weight is 298 g/mol. The summed E-state index contributed by atoms with van der Waals surface area (Å²) < 4.78 is 2.48. The second-order valence-corrected chi connectivity index (χ2v) is 5.48. The molecule has 6 nitrogen and oxygen atoms in total. The number of thiophene rings is 1. The summed E-state index contributed by atoms with van der Waals surface area (Å²) in [6.07, 6.45) is 0. The lowest BCUT2D eigenvalue weighted by atomic mass is 10.4. The molecular formula is C11H14N4O2S2. The van der Waals surface area contributed by atoms with Gasteiger partial charge in [0.2, 0.25) is 0 Å². The first kappa shape index (κ1) is 13.8. The summed E-state index contributed by atoms with van der Waals surface area (Å²) in [7, 11) is 3.32. The number of hydrogen-bond acceptors (Lipinski definition) is 4. The van der Waals surface area contributed by atoms with E-state index in [2.05, 4.69) is 10.3 Å². The number of carbonyl (C=O) groups excluding carboxylic acids is 1. The molecule has 0 saturated carbocycles. The first-order valence-corrected chi connectivity index (χ1v) is 6.95. The van der Waals surface area contributed by atoms with Gasteiger partial charge >= 0.3 is 6.03 Å². The van der Waals surface area contributed by atoms with Crippen LogP contribution in [0.3, 0.4) is 0 Å². The molecule has 0 aliphatic carbocycles. The Balaban J connectivity index is 2.19. The second kappa shape index (κ2) is 5.54. The molecule has 19 heavy (non-hydrogen) atoms. The van der Waals surface area contributed by atoms with Crippen LogP contribution in [0.2, 0.25) is 0 Å². The number of amides is 2. The van der Waals surface area contributed by atoms with E-state index in [9.17, 15) is 9.59 Å². The number of rotatable bonds is 3. The van der Waals surface area contributed by atoms with Crippen molar-refractivity contribution in [2.45, 2.75) is 6.54 Å². The van der Waals surface area contributed by atoms with Gasteiger partial charge in [0.25, 0.3) is 5.56 Å². The molecule has 2 N–H and O–H groups in total. The van der Waals surface area contributed by atoms with Crippen LogP contribution in [0, 0.1) is 4.77 Å². The molecule has 0 aromatic carbocycles. The Hall–Kier alpha value is -1.67. The Morgan fingerprint density at radius 3 is 3.00 bits per heavy atom. The van der Waals surface area contributed by atoms with E-state index in [1.807, 2.05) is 11.4 Å². The average Bonchev–Trinajstić information content (AvgIpc) is 2.81. The van der Waals surface area contributed by atoms with Crippen molar-refractivity contribution in [1.29, 1.82) is 0 Å². The number of nitrogens with zero attached hydrogens (tertiary/aromatic N) is 2. The van der Waals surface area contributed by atoms with Gasteiger partial charge in [-0.2, -0.15) is 0 Å². The SMILES string of the molecule is CN(C)C(=O)NCCn1c(=S)[nH]c2ccsc2c1=O. The maximum atomic E-state index is 12.2. The van der Waals surface area contributed by atoms with Gasteiger partial charge in [-0.3, -0.25) is 9.36 Å². The molecule has 8 heteroatoms. The summed E-state index contributed by atoms with van der Waals surface area (Å²) in [6, 6.07) is 1.63. The monoisotopic (exact) mass is 298 g/mol. The summed E-state index contributed by atoms with van der Waals surface area (Å²) in [5, 5.41) is 4.54. The third-order valence-corrected chi connectivity index (χ3v) is 3.83. The standard InChI is InChI=1S/C11H14N4O2S2/c1-14(2)10(17)12-4-5-15-9(16)8-7(3-6-19-8)13-11(15)18/h3,6H,4-5H2,1-2H3,(H,12,17)(H,13,18). The molecule has 0 unspecified atom stereocenters. The number of nitrogens with one attached hydrogen (secondary N) is 2. The van der Waals surface area contributed by atoms with Crippen LogP contribution in [0.4, 0.5) is 4.79 Å². The number of aromatic amines is 1. The van der Waals surface area contributed by atoms with Gasteiger partial charge in [0.1, 0.15) is 4.70 Å². The maximum absolute atomic E-state index is 12.2. The molecule has 0 bridgehead atoms. The van der Waals surface area contributed by atoms with Crippen molar-refractivity contribution in [1.82, 2.24) is 19.8 Å². The minimum absolute atomic E-state index is 0.118. The number of fused-ring (bicyclic) bond motifs is 1. The van der Waals surface area contributed by atoms with Crippen molar-refractivity contribution >= 4 is 39.8 Å². The fourth-order valence-corrected chi connectivity index (χ4v) is 2.69. The van der Waals surface area contributed by atoms with Crippen molar-refractivity contribution in [3.05, 3.63) is 26.6 Å². The van der Waals surface area contributed by atoms with Crippen LogP contribution in [0.25, 0.3) is 10.2 Å². The highest BCUT2D eigenvalue weighted by molar-refractivity contribution is 7.71. The van der Waals surface area contributed by atoms with Gasteiger partial charge in [-0.1, -0.05) is 0 Å². The third-order valence-electron chi connectivity index (χ3n) is 2.61. The van der Waals surface area contributed by atoms with Crippen LogP contribution < -0.4 is 10.9 Å². The van der Waals surface area contributed by atoms with Gasteiger partial charge < -0.3 is 15.2 Å². The Morgan fingerprint density at radius 1 is 1.58 bits per heavy atom. The quantitative estimate of drug-likeness (QED) is 0.841. The molecule has 2 amide bonds. The molecule has 0 aliphatic heterocycles. The fraction of sp³-hybridized carbons (Fsp3) is 0.364. The van der Waals surface area contributed by atoms with E-state index in [1.165, 1.54) is 20.8 Å². The smallest absolute Gasteiger partial charge is 0.316 e. The molecule has 102 valence electrons. The Morgan fingerprint density at radius 2 is 2.32 bits per heavy atom. The van der Waals surface area contributed by atoms with Gasteiger partial charge in [0.05, 0.1) is 5.52 Å². The number of carbonyl (C=O) groups is 1. The molecule has 0 spiro atoms. The lowest BCUT2D eigenvalue weighted by Gasteiger charge is -2.12. The normalized spacial score (nSPS) is 10.6. The van der Waals surface area contributed by atoms with Gasteiger partial charge in [-0.25, -0.2) is 4.79 Å². The Kier molecular flexibility index (Phi) is 4.01. The number of H-pyrrole nitrogens is 1. The number of hydrogen-bond donors (Lipinski definition) is 2. The zero-order chi connectivity index (χ0) is 14.0. The molecule has 2 aromatic heterocycles. The minimum atomic E-state index is -0.194. The van der Waals surface area contributed by atoms with Crippen LogP contribution in [-0.4, -0.2) is 41.1 Å². The minimum Gasteiger partial charge on any atom is -0.336 e. The van der Waals surface area contributed by atoms with E-state index in [-0.39, 0.29) is 11.6 Å². The van der Waals surface area contributed by atoms with Gasteiger partial charge in [0, 0.05) is 27.2 Å². The Bertz CT molecular complexity index is 713. The molecule has 0 fully saturated rings. The van der Waals surface area contributed by atoms with Crippen molar-refractivity contribution in [2.24, 2.45) is 0 Å². The van der Waals surface area contributed by atoms with Crippen molar-refractivity contribution < 1.29 is 4.79 Å². The Labute approximate surface area is 118 Å². The highest BCUT2D eigenvalue weighted by Crippen LogP contribution is 2.13. The van der Waals surface area contributed by atoms with Crippen LogP contribution in [-0.2, 0) is 6.54 Å². The highest BCUT2D eigenvalue weighted by Gasteiger charge is 2.07. The summed E-state index contributed by atoms with van der Waals surface area (Å²) >= 11 is 6.53. The van der Waals surface area contributed by atoms with Crippen LogP contribution in [0.1, 0.15) is 0 Å². The predicted octanol–water partition coefficient (Wildman–Crippen LogP) is 1.39. The van der Waals surface area contributed by atoms with E-state index in [0.29, 0.717) is 22.6 Å². The van der Waals surface area contributed by atoms with Gasteiger partial charge in [-0.05, 0) is 23.7 Å². The van der Waals surface area contributed by atoms with Crippen molar-refractivity contribution in [2.75, 3.05) is 20.6 Å². The molecule has 2 rings (SSSR count). The number of urea groups is 1. The predicted molar refractivity (Wildman–Crippen MR) is 78.4 cm³/mol. The molecule has 2 aromatic rings. The van der Waals surface area contributed by atoms with Gasteiger partial charge in [-0.15, -0.1) is 11.3 Å². The lowest BCUT2D eigenvalue weighted by Crippen LogP contribution is -2.37. The van der Waals surface area contributed by atoms with E-state index in [4.69, 9.17) is 12.2 Å². The largest absolute Gasteiger partial charge is 0.336 e. The molecule has 0 atom stereocenters. The lowest BCUT2D eigenvalue weighted by molar-refractivity contribution is 0.217. The van der Waals surface area contributed by atoms with E-state index >= 15 is 0 Å². The van der Waals surface area contributed by atoms with E-state index < -0.39 is 0 Å². The summed E-state index contributed by atoms with van der Waals surface area (Å²) in [5.41, 5.74) is 0.640. The fourth-order valence-electron chi connectivity index (χ4n) is 1.61. The molecule has 2 heterocycles. The van der Waals surface area contributed by atoms with E-state index in [1.54, 1.807) is 14.1 Å². The molecular weight excluding hydrogens is 284 g/mol. The number of aromatic nitrogens is 2. The van der Waals surface area contributed by atoms with Crippen LogP contribution >= 0.6 is 23.6 Å². The third kappa shape index (κ3) is 2.85. The van der Waals surface area contributed by atoms with Gasteiger partial charge in [0.15, 0.2) is 4.77 Å². The van der Waals surface area contributed by atoms with Crippen LogP contribution in [0.15, 0.2) is 16.2 Å². The van der Waals surface area contributed by atoms with E-state index in [0.717, 1.165) is 5.52 Å². The summed E-state index contributed by atoms with van der Waals surface area (Å²) in [4.78, 5) is 28.0. The maximum Gasteiger partial charge on any atom is 0.316 e. The molecule has 0 aliphatic rings. The topological polar surface area (TPSA) is 70.1 Å². The zero-order valence-corrected chi connectivity index (χ0v) is 12.2.